The number of hydrogen-bond donors (Lipinski definition) is 3. The summed E-state index contributed by atoms with van der Waals surface area (Å²) in [6.45, 7) is 10.8. The Morgan fingerprint density at radius 3 is 2.44 bits per heavy atom. The van der Waals surface area contributed by atoms with Gasteiger partial charge in [-0.2, -0.15) is 15.3 Å². The Morgan fingerprint density at radius 1 is 0.953 bits per heavy atom. The van der Waals surface area contributed by atoms with Crippen molar-refractivity contribution in [2.75, 3.05) is 67.1 Å². The summed E-state index contributed by atoms with van der Waals surface area (Å²) in [7, 11) is 0. The average Bonchev–Trinajstić information content (AvgIpc) is 3.69. The van der Waals surface area contributed by atoms with Crippen LogP contribution in [0.25, 0.3) is 27.8 Å². The molecule has 0 radical (unpaired) electrons. The number of nitriles is 1. The molecule has 3 aliphatic rings. The molecule has 1 amide bonds. The molecule has 4 aromatic carbocycles. The van der Waals surface area contributed by atoms with Gasteiger partial charge in [-0.1, -0.05) is 61.5 Å². The van der Waals surface area contributed by atoms with E-state index in [4.69, 9.17) is 21.6 Å². The summed E-state index contributed by atoms with van der Waals surface area (Å²) < 4.78 is 15.5. The van der Waals surface area contributed by atoms with Crippen LogP contribution in [0.5, 0.6) is 11.5 Å². The highest BCUT2D eigenvalue weighted by Gasteiger charge is 2.35. The number of amides is 1. The molecule has 9 rings (SSSR count). The lowest BCUT2D eigenvalue weighted by atomic mass is 10.0. The zero-order valence-corrected chi connectivity index (χ0v) is 36.1. The normalized spacial score (nSPS) is 16.8. The first-order valence-electron chi connectivity index (χ1n) is 21.4. The van der Waals surface area contributed by atoms with Crippen molar-refractivity contribution in [2.24, 2.45) is 0 Å². The molecule has 328 valence electrons. The fourth-order valence-corrected chi connectivity index (χ4v) is 9.49. The van der Waals surface area contributed by atoms with Gasteiger partial charge in [0.15, 0.2) is 11.7 Å². The van der Waals surface area contributed by atoms with Crippen LogP contribution in [0.4, 0.5) is 21.8 Å². The standard InChI is InChI=1S/C47H47ClFN11O4/c1-3-31-24-36(41(62)25-40(31)61)44-53-54-47(64)60(44)33-12-10-30(11-13-33)26-55-18-20-56(21-19-55)46-51-38-28-57(39-9-5-7-32-6-4-8-37(48)42(32)39)17-15-35(38)43(52-46)58-22-23-59(45(63)29(2)49)34(27-58)14-16-50/h4-13,24-25,34,61-62H,2-3,14-15,17-23,26-28H2,1H3,(H,54,64)/t34-/m0/s1. The van der Waals surface area contributed by atoms with E-state index in [0.29, 0.717) is 86.4 Å². The lowest BCUT2D eigenvalue weighted by molar-refractivity contribution is -0.131. The minimum Gasteiger partial charge on any atom is -0.508 e. The van der Waals surface area contributed by atoms with Crippen molar-refractivity contribution in [1.29, 1.82) is 5.26 Å². The fourth-order valence-electron chi connectivity index (χ4n) is 9.21. The number of anilines is 3. The van der Waals surface area contributed by atoms with Crippen molar-refractivity contribution in [3.05, 3.63) is 123 Å². The second kappa shape index (κ2) is 17.7. The number of fused-ring (bicyclic) bond motifs is 2. The zero-order valence-electron chi connectivity index (χ0n) is 35.3. The zero-order chi connectivity index (χ0) is 44.6. The Morgan fingerprint density at radius 2 is 1.70 bits per heavy atom. The summed E-state index contributed by atoms with van der Waals surface area (Å²) in [5.74, 6) is -0.411. The van der Waals surface area contributed by atoms with E-state index in [1.165, 1.54) is 15.5 Å². The molecular weight excluding hydrogens is 837 g/mol. The first-order valence-corrected chi connectivity index (χ1v) is 21.8. The van der Waals surface area contributed by atoms with Gasteiger partial charge in [0.05, 0.1) is 47.0 Å². The van der Waals surface area contributed by atoms with Gasteiger partial charge in [0, 0.05) is 81.6 Å². The molecule has 2 fully saturated rings. The van der Waals surface area contributed by atoms with Crippen LogP contribution in [-0.2, 0) is 30.7 Å². The number of nitrogens with zero attached hydrogens (tertiary/aromatic N) is 10. The van der Waals surface area contributed by atoms with E-state index in [1.54, 1.807) is 6.07 Å². The Bertz CT molecular complexity index is 2860. The third kappa shape index (κ3) is 8.08. The molecule has 3 N–H and O–H groups in total. The number of rotatable bonds is 10. The summed E-state index contributed by atoms with van der Waals surface area (Å²) in [5, 5.41) is 40.0. The summed E-state index contributed by atoms with van der Waals surface area (Å²) in [4.78, 5) is 46.6. The highest BCUT2D eigenvalue weighted by molar-refractivity contribution is 6.36. The van der Waals surface area contributed by atoms with Crippen molar-refractivity contribution in [2.45, 2.75) is 45.3 Å². The molecule has 0 spiro atoms. The summed E-state index contributed by atoms with van der Waals surface area (Å²) >= 11 is 6.79. The molecule has 0 saturated carbocycles. The molecule has 64 heavy (non-hydrogen) atoms. The lowest BCUT2D eigenvalue weighted by Crippen LogP contribution is -2.56. The van der Waals surface area contributed by atoms with E-state index in [2.05, 4.69) is 60.6 Å². The first kappa shape index (κ1) is 42.3. The molecule has 6 aromatic rings. The number of carbonyl (C=O) groups excluding carboxylic acids is 1. The molecule has 0 bridgehead atoms. The second-order valence-corrected chi connectivity index (χ2v) is 16.8. The first-order chi connectivity index (χ1) is 31.0. The molecule has 15 nitrogen and oxygen atoms in total. The molecule has 1 atom stereocenters. The third-order valence-corrected chi connectivity index (χ3v) is 12.9. The van der Waals surface area contributed by atoms with E-state index < -0.39 is 23.5 Å². The fraction of sp³-hybridized carbons (Fsp3) is 0.319. The van der Waals surface area contributed by atoms with Gasteiger partial charge in [-0.3, -0.25) is 9.69 Å². The molecule has 0 aliphatic carbocycles. The van der Waals surface area contributed by atoms with Crippen LogP contribution >= 0.6 is 11.6 Å². The van der Waals surface area contributed by atoms with E-state index in [1.807, 2.05) is 49.4 Å². The van der Waals surface area contributed by atoms with Crippen molar-refractivity contribution in [3.8, 4) is 34.6 Å². The smallest absolute Gasteiger partial charge is 0.348 e. The molecule has 5 heterocycles. The van der Waals surface area contributed by atoms with Crippen LogP contribution in [0, 0.1) is 11.3 Å². The van der Waals surface area contributed by atoms with Crippen LogP contribution in [-0.4, -0.2) is 109 Å². The van der Waals surface area contributed by atoms with Crippen LogP contribution in [0.2, 0.25) is 5.02 Å². The highest BCUT2D eigenvalue weighted by atomic mass is 35.5. The van der Waals surface area contributed by atoms with Gasteiger partial charge in [0.25, 0.3) is 5.91 Å². The Kier molecular flexibility index (Phi) is 11.7. The van der Waals surface area contributed by atoms with Crippen molar-refractivity contribution < 1.29 is 19.4 Å². The van der Waals surface area contributed by atoms with E-state index in [9.17, 15) is 29.5 Å². The number of aromatic nitrogens is 5. The molecule has 2 aromatic heterocycles. The molecule has 17 heteroatoms. The van der Waals surface area contributed by atoms with Crippen molar-refractivity contribution in [1.82, 2.24) is 34.5 Å². The van der Waals surface area contributed by atoms with Gasteiger partial charge in [-0.15, -0.1) is 0 Å². The van der Waals surface area contributed by atoms with Gasteiger partial charge in [0.2, 0.25) is 5.95 Å². The average molecular weight is 884 g/mol. The van der Waals surface area contributed by atoms with Crippen LogP contribution in [0.15, 0.2) is 90.0 Å². The minimum atomic E-state index is -1.04. The van der Waals surface area contributed by atoms with E-state index >= 15 is 0 Å². The number of nitrogens with one attached hydrogen (secondary N) is 1. The largest absolute Gasteiger partial charge is 0.508 e. The number of benzene rings is 4. The van der Waals surface area contributed by atoms with E-state index in [0.717, 1.165) is 52.2 Å². The number of hydrogen-bond acceptors (Lipinski definition) is 12. The second-order valence-electron chi connectivity index (χ2n) is 16.4. The number of phenols is 2. The number of aromatic hydroxyl groups is 2. The lowest BCUT2D eigenvalue weighted by Gasteiger charge is -2.43. The molecule has 2 saturated heterocycles. The number of aryl methyl sites for hydroxylation is 1. The number of piperazine rings is 2. The molecule has 3 aliphatic heterocycles. The molecular formula is C47H47ClFN11O4. The Labute approximate surface area is 373 Å². The van der Waals surface area contributed by atoms with Gasteiger partial charge < -0.3 is 29.8 Å². The van der Waals surface area contributed by atoms with Crippen molar-refractivity contribution in [3.63, 3.8) is 0 Å². The SMILES string of the molecule is C=C(F)C(=O)N1CCN(c2nc(N3CCN(Cc4ccc(-n5c(-c6cc(CC)c(O)cc6O)n[nH]c5=O)cc4)CC3)nc3c2CCN(c2cccc4cccc(Cl)c24)C3)C[C@@H]1CC#N. The maximum atomic E-state index is 14.1. The van der Waals surface area contributed by atoms with Gasteiger partial charge >= 0.3 is 5.69 Å². The molecule has 0 unspecified atom stereocenters. The Balaban J connectivity index is 0.951. The summed E-state index contributed by atoms with van der Waals surface area (Å²) in [6.07, 6.45) is 1.24. The number of phenolic OH excluding ortho intramolecular Hbond substituents is 2. The van der Waals surface area contributed by atoms with Crippen LogP contribution in [0.1, 0.15) is 35.7 Å². The maximum Gasteiger partial charge on any atom is 0.348 e. The van der Waals surface area contributed by atoms with Crippen LogP contribution in [0.3, 0.4) is 0 Å². The highest BCUT2D eigenvalue weighted by Crippen LogP contribution is 2.38. The van der Waals surface area contributed by atoms with Gasteiger partial charge in [0.1, 0.15) is 17.3 Å². The number of H-pyrrole nitrogens is 1. The van der Waals surface area contributed by atoms with Crippen LogP contribution < -0.4 is 20.4 Å². The summed E-state index contributed by atoms with van der Waals surface area (Å²) in [6, 6.07) is 24.3. The number of aromatic amines is 1. The quantitative estimate of drug-likeness (QED) is 0.135. The topological polar surface area (TPSA) is 174 Å². The van der Waals surface area contributed by atoms with Gasteiger partial charge in [-0.05, 0) is 59.7 Å². The van der Waals surface area contributed by atoms with Gasteiger partial charge in [-0.25, -0.2) is 23.8 Å². The number of halogens is 2. The summed E-state index contributed by atoms with van der Waals surface area (Å²) in [5.41, 5.74) is 5.09. The predicted octanol–water partition coefficient (Wildman–Crippen LogP) is 6.10. The monoisotopic (exact) mass is 883 g/mol. The van der Waals surface area contributed by atoms with Crippen molar-refractivity contribution >= 4 is 45.7 Å². The number of carbonyl (C=O) groups is 1. The predicted molar refractivity (Wildman–Crippen MR) is 244 cm³/mol. The van der Waals surface area contributed by atoms with E-state index in [-0.39, 0.29) is 30.3 Å². The maximum absolute atomic E-state index is 14.1. The Hall–Kier alpha value is -6.96. The minimum absolute atomic E-state index is 0.0208. The third-order valence-electron chi connectivity index (χ3n) is 12.6.